The first kappa shape index (κ1) is 13.4. The quantitative estimate of drug-likeness (QED) is 0.632. The van der Waals surface area contributed by atoms with Crippen LogP contribution in [0.3, 0.4) is 0 Å². The molecule has 0 atom stereocenters. The second-order valence-electron chi connectivity index (χ2n) is 4.35. The number of unbranched alkanes of at least 4 members (excludes halogenated alkanes) is 1. The van der Waals surface area contributed by atoms with Crippen LogP contribution in [0, 0.1) is 5.92 Å². The number of carbonyl (C=O) groups is 1. The van der Waals surface area contributed by atoms with Crippen LogP contribution >= 0.6 is 0 Å². The van der Waals surface area contributed by atoms with E-state index >= 15 is 0 Å². The van der Waals surface area contributed by atoms with Gasteiger partial charge >= 0.3 is 0 Å². The van der Waals surface area contributed by atoms with Gasteiger partial charge < -0.3 is 10.2 Å². The van der Waals surface area contributed by atoms with Gasteiger partial charge in [0, 0.05) is 14.1 Å². The van der Waals surface area contributed by atoms with E-state index in [0.717, 1.165) is 12.5 Å². The number of nitrogens with zero attached hydrogens (tertiary/aromatic N) is 1. The van der Waals surface area contributed by atoms with E-state index in [1.807, 2.05) is 0 Å². The maximum Gasteiger partial charge on any atom is 0.236 e. The summed E-state index contributed by atoms with van der Waals surface area (Å²) in [5.74, 6) is 0.937. The number of carbonyl (C=O) groups excluding carboxylic acids is 1. The molecule has 0 aromatic carbocycles. The Bertz CT molecular complexity index is 155. The van der Waals surface area contributed by atoms with Gasteiger partial charge in [-0.3, -0.25) is 4.79 Å². The van der Waals surface area contributed by atoms with Gasteiger partial charge in [0.25, 0.3) is 0 Å². The molecule has 0 aliphatic heterocycles. The third-order valence-electron chi connectivity index (χ3n) is 2.16. The molecule has 1 N–H and O–H groups in total. The standard InChI is InChI=1S/C11H24N2O/c1-10(2)7-5-6-8-12-9-11(14)13(3)4/h10,12H,5-9H2,1-4H3. The molecule has 0 spiro atoms. The van der Waals surface area contributed by atoms with E-state index in [-0.39, 0.29) is 5.91 Å². The largest absolute Gasteiger partial charge is 0.348 e. The van der Waals surface area contributed by atoms with E-state index in [9.17, 15) is 4.79 Å². The molecule has 84 valence electrons. The molecule has 14 heavy (non-hydrogen) atoms. The van der Waals surface area contributed by atoms with Gasteiger partial charge in [-0.15, -0.1) is 0 Å². The van der Waals surface area contributed by atoms with E-state index in [1.54, 1.807) is 19.0 Å². The van der Waals surface area contributed by atoms with Gasteiger partial charge in [-0.05, 0) is 18.9 Å². The van der Waals surface area contributed by atoms with Crippen molar-refractivity contribution in [1.82, 2.24) is 10.2 Å². The van der Waals surface area contributed by atoms with Crippen molar-refractivity contribution in [2.45, 2.75) is 33.1 Å². The van der Waals surface area contributed by atoms with Crippen LogP contribution in [0.15, 0.2) is 0 Å². The fourth-order valence-corrected chi connectivity index (χ4v) is 1.16. The fraction of sp³-hybridized carbons (Fsp3) is 0.909. The number of nitrogens with one attached hydrogen (secondary N) is 1. The molecular weight excluding hydrogens is 176 g/mol. The molecule has 0 aromatic heterocycles. The Hall–Kier alpha value is -0.570. The monoisotopic (exact) mass is 200 g/mol. The van der Waals surface area contributed by atoms with Crippen molar-refractivity contribution in [3.8, 4) is 0 Å². The van der Waals surface area contributed by atoms with Crippen LogP contribution in [-0.4, -0.2) is 38.0 Å². The first-order valence-corrected chi connectivity index (χ1v) is 5.45. The van der Waals surface area contributed by atoms with Crippen molar-refractivity contribution in [3.63, 3.8) is 0 Å². The molecule has 0 aliphatic carbocycles. The Labute approximate surface area is 87.9 Å². The smallest absolute Gasteiger partial charge is 0.236 e. The summed E-state index contributed by atoms with van der Waals surface area (Å²) >= 11 is 0. The molecule has 3 heteroatoms. The minimum atomic E-state index is 0.147. The highest BCUT2D eigenvalue weighted by Gasteiger charge is 2.01. The van der Waals surface area contributed by atoms with Crippen LogP contribution in [-0.2, 0) is 4.79 Å². The summed E-state index contributed by atoms with van der Waals surface area (Å²) in [4.78, 5) is 12.8. The molecule has 3 nitrogen and oxygen atoms in total. The van der Waals surface area contributed by atoms with Crippen LogP contribution in [0.2, 0.25) is 0 Å². The highest BCUT2D eigenvalue weighted by molar-refractivity contribution is 5.77. The summed E-state index contributed by atoms with van der Waals surface area (Å²) in [6.07, 6.45) is 3.70. The third-order valence-corrected chi connectivity index (χ3v) is 2.16. The molecule has 0 saturated carbocycles. The summed E-state index contributed by atoms with van der Waals surface area (Å²) in [5.41, 5.74) is 0. The highest BCUT2D eigenvalue weighted by Crippen LogP contribution is 2.04. The van der Waals surface area contributed by atoms with E-state index in [4.69, 9.17) is 0 Å². The van der Waals surface area contributed by atoms with E-state index < -0.39 is 0 Å². The zero-order valence-electron chi connectivity index (χ0n) is 9.97. The van der Waals surface area contributed by atoms with Crippen LogP contribution in [0.1, 0.15) is 33.1 Å². The first-order valence-electron chi connectivity index (χ1n) is 5.45. The maximum absolute atomic E-state index is 11.1. The molecule has 0 saturated heterocycles. The minimum Gasteiger partial charge on any atom is -0.348 e. The molecule has 0 heterocycles. The van der Waals surface area contributed by atoms with Crippen LogP contribution in [0.5, 0.6) is 0 Å². The summed E-state index contributed by atoms with van der Waals surface area (Å²) < 4.78 is 0. The molecule has 0 aromatic rings. The minimum absolute atomic E-state index is 0.147. The van der Waals surface area contributed by atoms with Crippen molar-refractivity contribution in [1.29, 1.82) is 0 Å². The van der Waals surface area contributed by atoms with Gasteiger partial charge in [-0.25, -0.2) is 0 Å². The van der Waals surface area contributed by atoms with Crippen LogP contribution in [0.4, 0.5) is 0 Å². The van der Waals surface area contributed by atoms with Crippen molar-refractivity contribution in [2.24, 2.45) is 5.92 Å². The lowest BCUT2D eigenvalue weighted by Crippen LogP contribution is -2.33. The molecule has 1 amide bonds. The van der Waals surface area contributed by atoms with Gasteiger partial charge in [-0.2, -0.15) is 0 Å². The van der Waals surface area contributed by atoms with Gasteiger partial charge in [0.2, 0.25) is 5.91 Å². The number of hydrogen-bond donors (Lipinski definition) is 1. The lowest BCUT2D eigenvalue weighted by molar-refractivity contribution is -0.127. The Balaban J connectivity index is 3.18. The lowest BCUT2D eigenvalue weighted by Gasteiger charge is -2.10. The first-order chi connectivity index (χ1) is 6.54. The van der Waals surface area contributed by atoms with Crippen molar-refractivity contribution < 1.29 is 4.79 Å². The number of amides is 1. The third kappa shape index (κ3) is 8.05. The molecule has 0 fully saturated rings. The summed E-state index contributed by atoms with van der Waals surface area (Å²) in [6.45, 7) is 5.90. The Morgan fingerprint density at radius 3 is 2.43 bits per heavy atom. The van der Waals surface area contributed by atoms with Crippen molar-refractivity contribution >= 4 is 5.91 Å². The van der Waals surface area contributed by atoms with E-state index in [1.165, 1.54) is 19.3 Å². The zero-order valence-corrected chi connectivity index (χ0v) is 9.97. The summed E-state index contributed by atoms with van der Waals surface area (Å²) in [6, 6.07) is 0. The summed E-state index contributed by atoms with van der Waals surface area (Å²) in [7, 11) is 3.56. The van der Waals surface area contributed by atoms with Gasteiger partial charge in [0.05, 0.1) is 6.54 Å². The second-order valence-corrected chi connectivity index (χ2v) is 4.35. The fourth-order valence-electron chi connectivity index (χ4n) is 1.16. The molecule has 0 unspecified atom stereocenters. The van der Waals surface area contributed by atoms with Crippen LogP contribution < -0.4 is 5.32 Å². The molecule has 0 bridgehead atoms. The average molecular weight is 200 g/mol. The predicted octanol–water partition coefficient (Wildman–Crippen LogP) is 1.49. The van der Waals surface area contributed by atoms with Crippen LogP contribution in [0.25, 0.3) is 0 Å². The zero-order chi connectivity index (χ0) is 11.0. The van der Waals surface area contributed by atoms with E-state index in [2.05, 4.69) is 19.2 Å². The molecular formula is C11H24N2O. The van der Waals surface area contributed by atoms with Gasteiger partial charge in [0.15, 0.2) is 0 Å². The van der Waals surface area contributed by atoms with Crippen molar-refractivity contribution in [2.75, 3.05) is 27.2 Å². The molecule has 0 radical (unpaired) electrons. The SMILES string of the molecule is CC(C)CCCCNCC(=O)N(C)C. The average Bonchev–Trinajstić information content (AvgIpc) is 2.09. The number of hydrogen-bond acceptors (Lipinski definition) is 2. The van der Waals surface area contributed by atoms with E-state index in [0.29, 0.717) is 6.54 Å². The van der Waals surface area contributed by atoms with Gasteiger partial charge in [-0.1, -0.05) is 26.7 Å². The number of rotatable bonds is 7. The Morgan fingerprint density at radius 1 is 1.29 bits per heavy atom. The normalized spacial score (nSPS) is 10.6. The lowest BCUT2D eigenvalue weighted by atomic mass is 10.1. The summed E-state index contributed by atoms with van der Waals surface area (Å²) in [5, 5.41) is 3.15. The Morgan fingerprint density at radius 2 is 1.93 bits per heavy atom. The highest BCUT2D eigenvalue weighted by atomic mass is 16.2. The second kappa shape index (κ2) is 7.80. The number of likely N-dealkylation sites (N-methyl/N-ethyl adjacent to an activating group) is 1. The topological polar surface area (TPSA) is 32.3 Å². The predicted molar refractivity (Wildman–Crippen MR) is 60.3 cm³/mol. The molecule has 0 rings (SSSR count). The molecule has 0 aliphatic rings. The van der Waals surface area contributed by atoms with Crippen molar-refractivity contribution in [3.05, 3.63) is 0 Å². The maximum atomic E-state index is 11.1. The van der Waals surface area contributed by atoms with Gasteiger partial charge in [0.1, 0.15) is 0 Å². The Kier molecular flexibility index (Phi) is 7.48.